The van der Waals surface area contributed by atoms with E-state index < -0.39 is 18.5 Å². The standard InChI is InChI=1S/C10H10F3N/c11-10(12,13)5-7-6-14-9-4-2-1-3-8(7)9/h1-4,7,14H,5-6H2. The Hall–Kier alpha value is -1.19. The lowest BCUT2D eigenvalue weighted by Gasteiger charge is -2.12. The fourth-order valence-electron chi connectivity index (χ4n) is 1.82. The first-order valence-corrected chi connectivity index (χ1v) is 4.46. The van der Waals surface area contributed by atoms with E-state index in [1.165, 1.54) is 0 Å². The van der Waals surface area contributed by atoms with Crippen molar-refractivity contribution >= 4 is 5.69 Å². The van der Waals surface area contributed by atoms with Crippen molar-refractivity contribution in [3.8, 4) is 0 Å². The van der Waals surface area contributed by atoms with Crippen LogP contribution in [-0.2, 0) is 0 Å². The van der Waals surface area contributed by atoms with Crippen LogP contribution in [-0.4, -0.2) is 12.7 Å². The van der Waals surface area contributed by atoms with Crippen LogP contribution < -0.4 is 5.32 Å². The smallest absolute Gasteiger partial charge is 0.384 e. The van der Waals surface area contributed by atoms with Crippen molar-refractivity contribution in [2.45, 2.75) is 18.5 Å². The molecule has 1 aromatic rings. The largest absolute Gasteiger partial charge is 0.389 e. The molecule has 1 unspecified atom stereocenters. The van der Waals surface area contributed by atoms with Crippen LogP contribution in [0.5, 0.6) is 0 Å². The summed E-state index contributed by atoms with van der Waals surface area (Å²) in [5.74, 6) is -0.425. The maximum Gasteiger partial charge on any atom is 0.389 e. The summed E-state index contributed by atoms with van der Waals surface area (Å²) in [5.41, 5.74) is 1.62. The van der Waals surface area contributed by atoms with E-state index in [0.717, 1.165) is 11.3 Å². The third-order valence-corrected chi connectivity index (χ3v) is 2.42. The van der Waals surface area contributed by atoms with Gasteiger partial charge >= 0.3 is 6.18 Å². The second-order valence-corrected chi connectivity index (χ2v) is 3.48. The lowest BCUT2D eigenvalue weighted by molar-refractivity contribution is -0.137. The summed E-state index contributed by atoms with van der Waals surface area (Å²) in [4.78, 5) is 0. The maximum atomic E-state index is 12.2. The van der Waals surface area contributed by atoms with Gasteiger partial charge in [0, 0.05) is 18.2 Å². The highest BCUT2D eigenvalue weighted by atomic mass is 19.4. The van der Waals surface area contributed by atoms with Crippen molar-refractivity contribution in [1.82, 2.24) is 0 Å². The van der Waals surface area contributed by atoms with E-state index in [4.69, 9.17) is 0 Å². The lowest BCUT2D eigenvalue weighted by atomic mass is 9.98. The Bertz CT molecular complexity index is 332. The quantitative estimate of drug-likeness (QED) is 0.735. The highest BCUT2D eigenvalue weighted by Gasteiger charge is 2.35. The molecule has 1 N–H and O–H groups in total. The molecular formula is C10H10F3N. The Morgan fingerprint density at radius 2 is 2.00 bits per heavy atom. The molecule has 76 valence electrons. The molecule has 1 aliphatic heterocycles. The minimum absolute atomic E-state index is 0.388. The van der Waals surface area contributed by atoms with Gasteiger partial charge in [-0.25, -0.2) is 0 Å². The van der Waals surface area contributed by atoms with Gasteiger partial charge in [0.15, 0.2) is 0 Å². The van der Waals surface area contributed by atoms with Crippen molar-refractivity contribution in [1.29, 1.82) is 0 Å². The summed E-state index contributed by atoms with van der Waals surface area (Å²) in [6, 6.07) is 7.16. The number of halogens is 3. The second kappa shape index (κ2) is 3.19. The number of hydrogen-bond acceptors (Lipinski definition) is 1. The summed E-state index contributed by atoms with van der Waals surface area (Å²) >= 11 is 0. The van der Waals surface area contributed by atoms with E-state index in [1.807, 2.05) is 12.1 Å². The highest BCUT2D eigenvalue weighted by Crippen LogP contribution is 2.38. The van der Waals surface area contributed by atoms with E-state index >= 15 is 0 Å². The average molecular weight is 201 g/mol. The molecule has 0 aromatic heterocycles. The molecule has 1 heterocycles. The Morgan fingerprint density at radius 3 is 2.71 bits per heavy atom. The predicted molar refractivity (Wildman–Crippen MR) is 48.3 cm³/mol. The number of nitrogens with one attached hydrogen (secondary N) is 1. The fourth-order valence-corrected chi connectivity index (χ4v) is 1.82. The van der Waals surface area contributed by atoms with E-state index in [9.17, 15) is 13.2 Å². The Kier molecular flexibility index (Phi) is 2.13. The molecular weight excluding hydrogens is 191 g/mol. The van der Waals surface area contributed by atoms with Crippen LogP contribution in [0.1, 0.15) is 17.9 Å². The fraction of sp³-hybridized carbons (Fsp3) is 0.400. The molecule has 1 aromatic carbocycles. The zero-order valence-corrected chi connectivity index (χ0v) is 7.43. The Labute approximate surface area is 79.9 Å². The molecule has 0 saturated heterocycles. The van der Waals surface area contributed by atoms with Crippen molar-refractivity contribution < 1.29 is 13.2 Å². The number of rotatable bonds is 1. The maximum absolute atomic E-state index is 12.2. The van der Waals surface area contributed by atoms with Gasteiger partial charge in [-0.1, -0.05) is 18.2 Å². The molecule has 0 bridgehead atoms. The van der Waals surface area contributed by atoms with Crippen molar-refractivity contribution in [2.75, 3.05) is 11.9 Å². The van der Waals surface area contributed by atoms with Crippen LogP contribution in [0.3, 0.4) is 0 Å². The van der Waals surface area contributed by atoms with Gasteiger partial charge in [0.05, 0.1) is 6.42 Å². The van der Waals surface area contributed by atoms with Gasteiger partial charge in [-0.2, -0.15) is 13.2 Å². The van der Waals surface area contributed by atoms with Gasteiger partial charge in [-0.3, -0.25) is 0 Å². The van der Waals surface area contributed by atoms with Crippen molar-refractivity contribution in [2.24, 2.45) is 0 Å². The van der Waals surface area contributed by atoms with Crippen LogP contribution in [0.25, 0.3) is 0 Å². The summed E-state index contributed by atoms with van der Waals surface area (Å²) in [5, 5.41) is 2.97. The first-order valence-electron chi connectivity index (χ1n) is 4.46. The van der Waals surface area contributed by atoms with E-state index in [1.54, 1.807) is 12.1 Å². The molecule has 2 rings (SSSR count). The van der Waals surface area contributed by atoms with Gasteiger partial charge in [0.1, 0.15) is 0 Å². The number of hydrogen-bond donors (Lipinski definition) is 1. The zero-order chi connectivity index (χ0) is 10.2. The topological polar surface area (TPSA) is 12.0 Å². The SMILES string of the molecule is FC(F)(F)CC1CNc2ccccc21. The number of fused-ring (bicyclic) bond motifs is 1. The van der Waals surface area contributed by atoms with Gasteiger partial charge < -0.3 is 5.32 Å². The Morgan fingerprint density at radius 1 is 1.29 bits per heavy atom. The van der Waals surface area contributed by atoms with E-state index in [-0.39, 0.29) is 0 Å². The molecule has 0 spiro atoms. The minimum atomic E-state index is -4.08. The molecule has 4 heteroatoms. The lowest BCUT2D eigenvalue weighted by Crippen LogP contribution is -2.15. The van der Waals surface area contributed by atoms with Gasteiger partial charge in [0.2, 0.25) is 0 Å². The monoisotopic (exact) mass is 201 g/mol. The zero-order valence-electron chi connectivity index (χ0n) is 7.43. The third kappa shape index (κ3) is 1.84. The molecule has 0 saturated carbocycles. The molecule has 14 heavy (non-hydrogen) atoms. The number of para-hydroxylation sites is 1. The molecule has 0 fully saturated rings. The molecule has 0 aliphatic carbocycles. The normalized spacial score (nSPS) is 20.4. The third-order valence-electron chi connectivity index (χ3n) is 2.42. The van der Waals surface area contributed by atoms with Crippen LogP contribution in [0.15, 0.2) is 24.3 Å². The highest BCUT2D eigenvalue weighted by molar-refractivity contribution is 5.57. The average Bonchev–Trinajstić information content (AvgIpc) is 2.47. The van der Waals surface area contributed by atoms with Crippen LogP contribution in [0.4, 0.5) is 18.9 Å². The first kappa shape index (κ1) is 9.37. The van der Waals surface area contributed by atoms with Gasteiger partial charge in [-0.15, -0.1) is 0 Å². The summed E-state index contributed by atoms with van der Waals surface area (Å²) < 4.78 is 36.5. The molecule has 1 atom stereocenters. The van der Waals surface area contributed by atoms with Crippen molar-refractivity contribution in [3.05, 3.63) is 29.8 Å². The molecule has 1 nitrogen and oxygen atoms in total. The number of anilines is 1. The van der Waals surface area contributed by atoms with Crippen LogP contribution >= 0.6 is 0 Å². The van der Waals surface area contributed by atoms with Gasteiger partial charge in [-0.05, 0) is 11.6 Å². The predicted octanol–water partition coefficient (Wildman–Crippen LogP) is 3.15. The number of benzene rings is 1. The Balaban J connectivity index is 2.18. The molecule has 0 radical (unpaired) electrons. The molecule has 1 aliphatic rings. The summed E-state index contributed by atoms with van der Waals surface area (Å²) in [7, 11) is 0. The number of alkyl halides is 3. The minimum Gasteiger partial charge on any atom is -0.384 e. The van der Waals surface area contributed by atoms with Crippen LogP contribution in [0, 0.1) is 0 Å². The first-order chi connectivity index (χ1) is 6.56. The summed E-state index contributed by atoms with van der Waals surface area (Å²) in [6.45, 7) is 0.388. The summed E-state index contributed by atoms with van der Waals surface area (Å²) in [6.07, 6.45) is -4.82. The second-order valence-electron chi connectivity index (χ2n) is 3.48. The van der Waals surface area contributed by atoms with E-state index in [2.05, 4.69) is 5.32 Å². The van der Waals surface area contributed by atoms with E-state index in [0.29, 0.717) is 6.54 Å². The van der Waals surface area contributed by atoms with Crippen molar-refractivity contribution in [3.63, 3.8) is 0 Å². The van der Waals surface area contributed by atoms with Crippen LogP contribution in [0.2, 0.25) is 0 Å². The van der Waals surface area contributed by atoms with Gasteiger partial charge in [0.25, 0.3) is 0 Å². The molecule has 0 amide bonds.